The SMILES string of the molecule is CC1=C(O)C(=O)C2C(=O)C1C(C)C2c1ccccc1. The molecule has 0 radical (unpaired) electrons. The van der Waals surface area contributed by atoms with Crippen LogP contribution in [0.5, 0.6) is 0 Å². The number of carbonyl (C=O) groups is 2. The van der Waals surface area contributed by atoms with Crippen LogP contribution in [0.1, 0.15) is 25.3 Å². The van der Waals surface area contributed by atoms with Crippen LogP contribution in [0.4, 0.5) is 0 Å². The van der Waals surface area contributed by atoms with Gasteiger partial charge in [-0.1, -0.05) is 37.3 Å². The molecule has 3 heteroatoms. The predicted octanol–water partition coefficient (Wildman–Crippen LogP) is 2.64. The third kappa shape index (κ3) is 1.51. The summed E-state index contributed by atoms with van der Waals surface area (Å²) in [6.07, 6.45) is 0. The Labute approximate surface area is 111 Å². The molecule has 3 nitrogen and oxygen atoms in total. The van der Waals surface area contributed by atoms with Gasteiger partial charge in [-0.15, -0.1) is 0 Å². The van der Waals surface area contributed by atoms with E-state index in [4.69, 9.17) is 0 Å². The van der Waals surface area contributed by atoms with E-state index in [1.807, 2.05) is 37.3 Å². The summed E-state index contributed by atoms with van der Waals surface area (Å²) in [6, 6.07) is 9.66. The summed E-state index contributed by atoms with van der Waals surface area (Å²) in [5.41, 5.74) is 1.55. The zero-order valence-corrected chi connectivity index (χ0v) is 11.0. The molecule has 0 heterocycles. The minimum absolute atomic E-state index is 0.0262. The summed E-state index contributed by atoms with van der Waals surface area (Å²) in [4.78, 5) is 24.6. The molecule has 98 valence electrons. The van der Waals surface area contributed by atoms with Crippen LogP contribution >= 0.6 is 0 Å². The van der Waals surface area contributed by atoms with Gasteiger partial charge >= 0.3 is 0 Å². The second-order valence-corrected chi connectivity index (χ2v) is 5.55. The van der Waals surface area contributed by atoms with Crippen LogP contribution in [0.25, 0.3) is 0 Å². The molecule has 2 aliphatic rings. The van der Waals surface area contributed by atoms with Crippen LogP contribution in [-0.2, 0) is 9.59 Å². The van der Waals surface area contributed by atoms with E-state index in [0.29, 0.717) is 5.57 Å². The highest BCUT2D eigenvalue weighted by molar-refractivity contribution is 6.16. The predicted molar refractivity (Wildman–Crippen MR) is 70.7 cm³/mol. The van der Waals surface area contributed by atoms with E-state index in [-0.39, 0.29) is 29.3 Å². The van der Waals surface area contributed by atoms with Crippen LogP contribution in [-0.4, -0.2) is 16.7 Å². The highest BCUT2D eigenvalue weighted by atomic mass is 16.3. The minimum Gasteiger partial charge on any atom is -0.504 e. The molecule has 0 saturated heterocycles. The van der Waals surface area contributed by atoms with Crippen LogP contribution in [0, 0.1) is 17.8 Å². The molecule has 0 spiro atoms. The molecule has 1 saturated carbocycles. The van der Waals surface area contributed by atoms with Gasteiger partial charge in [0, 0.05) is 11.8 Å². The largest absolute Gasteiger partial charge is 0.504 e. The van der Waals surface area contributed by atoms with Gasteiger partial charge in [-0.25, -0.2) is 0 Å². The Morgan fingerprint density at radius 1 is 1.05 bits per heavy atom. The van der Waals surface area contributed by atoms with Gasteiger partial charge in [0.05, 0.1) is 5.92 Å². The van der Waals surface area contributed by atoms with E-state index in [1.54, 1.807) is 6.92 Å². The average molecular weight is 256 g/mol. The van der Waals surface area contributed by atoms with Gasteiger partial charge in [-0.05, 0) is 24.0 Å². The van der Waals surface area contributed by atoms with Crippen molar-refractivity contribution in [2.45, 2.75) is 19.8 Å². The Morgan fingerprint density at radius 2 is 1.68 bits per heavy atom. The molecule has 4 unspecified atom stereocenters. The lowest BCUT2D eigenvalue weighted by atomic mass is 9.82. The maximum absolute atomic E-state index is 12.4. The average Bonchev–Trinajstić information content (AvgIpc) is 2.64. The Hall–Kier alpha value is -1.90. The van der Waals surface area contributed by atoms with Gasteiger partial charge in [0.25, 0.3) is 0 Å². The molecule has 0 aromatic heterocycles. The molecule has 1 aromatic carbocycles. The first-order chi connectivity index (χ1) is 9.04. The zero-order chi connectivity index (χ0) is 13.7. The highest BCUT2D eigenvalue weighted by Crippen LogP contribution is 2.52. The van der Waals surface area contributed by atoms with E-state index in [2.05, 4.69) is 0 Å². The molecule has 0 amide bonds. The van der Waals surface area contributed by atoms with Crippen LogP contribution in [0.2, 0.25) is 0 Å². The first-order valence-corrected chi connectivity index (χ1v) is 6.56. The molecule has 1 fully saturated rings. The molecule has 2 bridgehead atoms. The summed E-state index contributed by atoms with van der Waals surface area (Å²) >= 11 is 0. The van der Waals surface area contributed by atoms with E-state index >= 15 is 0 Å². The molecule has 19 heavy (non-hydrogen) atoms. The van der Waals surface area contributed by atoms with Gasteiger partial charge in [0.1, 0.15) is 0 Å². The first kappa shape index (κ1) is 12.2. The van der Waals surface area contributed by atoms with E-state index < -0.39 is 11.7 Å². The number of aliphatic hydroxyl groups excluding tert-OH is 1. The summed E-state index contributed by atoms with van der Waals surface area (Å²) in [5.74, 6) is -1.71. The standard InChI is InChI=1S/C16H16O3/c1-8-11-9(2)14(17)16(19)13(15(11)18)12(8)10-6-4-3-5-7-10/h3-8,11-13,17H,1-2H3. The number of fused-ring (bicyclic) bond motifs is 2. The molecule has 1 N–H and O–H groups in total. The van der Waals surface area contributed by atoms with Crippen molar-refractivity contribution in [3.8, 4) is 0 Å². The molecule has 0 aliphatic heterocycles. The zero-order valence-electron chi connectivity index (χ0n) is 11.0. The monoisotopic (exact) mass is 256 g/mol. The van der Waals surface area contributed by atoms with Gasteiger partial charge < -0.3 is 5.11 Å². The molecule has 1 aromatic rings. The van der Waals surface area contributed by atoms with E-state index in [9.17, 15) is 14.7 Å². The van der Waals surface area contributed by atoms with Crippen LogP contribution in [0.3, 0.4) is 0 Å². The topological polar surface area (TPSA) is 54.4 Å². The van der Waals surface area contributed by atoms with Crippen molar-refractivity contribution >= 4 is 11.6 Å². The third-order valence-electron chi connectivity index (χ3n) is 4.60. The number of allylic oxidation sites excluding steroid dienone is 2. The molecule has 4 atom stereocenters. The molecule has 2 aliphatic carbocycles. The number of aliphatic hydroxyl groups is 1. The van der Waals surface area contributed by atoms with E-state index in [0.717, 1.165) is 5.56 Å². The number of hydrogen-bond donors (Lipinski definition) is 1. The minimum atomic E-state index is -0.703. The fourth-order valence-corrected chi connectivity index (χ4v) is 3.70. The van der Waals surface area contributed by atoms with Gasteiger partial charge in [0.2, 0.25) is 5.78 Å². The summed E-state index contributed by atoms with van der Waals surface area (Å²) in [5, 5.41) is 9.91. The second-order valence-electron chi connectivity index (χ2n) is 5.55. The van der Waals surface area contributed by atoms with Crippen molar-refractivity contribution in [1.29, 1.82) is 0 Å². The lowest BCUT2D eigenvalue weighted by Gasteiger charge is -2.20. The van der Waals surface area contributed by atoms with E-state index in [1.165, 1.54) is 0 Å². The van der Waals surface area contributed by atoms with Crippen molar-refractivity contribution in [2.75, 3.05) is 0 Å². The maximum atomic E-state index is 12.4. The second kappa shape index (κ2) is 4.05. The number of hydrogen-bond acceptors (Lipinski definition) is 3. The molecular weight excluding hydrogens is 240 g/mol. The lowest BCUT2D eigenvalue weighted by Crippen LogP contribution is -2.32. The third-order valence-corrected chi connectivity index (χ3v) is 4.60. The Morgan fingerprint density at radius 3 is 2.32 bits per heavy atom. The Balaban J connectivity index is 2.13. The van der Waals surface area contributed by atoms with Crippen molar-refractivity contribution in [3.05, 3.63) is 47.2 Å². The number of rotatable bonds is 1. The summed E-state index contributed by atoms with van der Waals surface area (Å²) in [6.45, 7) is 3.69. The first-order valence-electron chi connectivity index (χ1n) is 6.56. The maximum Gasteiger partial charge on any atom is 0.208 e. The van der Waals surface area contributed by atoms with Crippen LogP contribution < -0.4 is 0 Å². The van der Waals surface area contributed by atoms with Gasteiger partial charge in [-0.3, -0.25) is 9.59 Å². The Bertz CT molecular complexity index is 585. The fourth-order valence-electron chi connectivity index (χ4n) is 3.70. The smallest absolute Gasteiger partial charge is 0.208 e. The number of Topliss-reactive ketones (excluding diaryl/α,β-unsaturated/α-hetero) is 2. The van der Waals surface area contributed by atoms with Crippen molar-refractivity contribution in [1.82, 2.24) is 0 Å². The summed E-state index contributed by atoms with van der Waals surface area (Å²) < 4.78 is 0. The van der Waals surface area contributed by atoms with Crippen molar-refractivity contribution in [2.24, 2.45) is 17.8 Å². The fraction of sp³-hybridized carbons (Fsp3) is 0.375. The number of carbonyl (C=O) groups excluding carboxylic acids is 2. The summed E-state index contributed by atoms with van der Waals surface area (Å²) in [7, 11) is 0. The normalized spacial score (nSPS) is 34.0. The molecular formula is C16H16O3. The number of ketones is 2. The highest BCUT2D eigenvalue weighted by Gasteiger charge is 2.56. The quantitative estimate of drug-likeness (QED) is 0.786. The molecule has 3 rings (SSSR count). The van der Waals surface area contributed by atoms with Gasteiger partial charge in [0.15, 0.2) is 11.5 Å². The Kier molecular flexibility index (Phi) is 2.59. The van der Waals surface area contributed by atoms with Crippen molar-refractivity contribution in [3.63, 3.8) is 0 Å². The van der Waals surface area contributed by atoms with Crippen LogP contribution in [0.15, 0.2) is 41.7 Å². The lowest BCUT2D eigenvalue weighted by molar-refractivity contribution is -0.133. The van der Waals surface area contributed by atoms with Crippen molar-refractivity contribution < 1.29 is 14.7 Å². The number of benzene rings is 1. The van der Waals surface area contributed by atoms with Gasteiger partial charge in [-0.2, -0.15) is 0 Å².